The van der Waals surface area contributed by atoms with E-state index in [9.17, 15) is 20.7 Å². The van der Waals surface area contributed by atoms with E-state index in [-0.39, 0.29) is 28.2 Å². The molecule has 0 fully saturated rings. The highest BCUT2D eigenvalue weighted by atomic mass is 17.0. The quantitative estimate of drug-likeness (QED) is 0.479. The van der Waals surface area contributed by atoms with Crippen molar-refractivity contribution in [3.05, 3.63) is 34.7 Å². The minimum atomic E-state index is -2.89. The number of hydroxylamine groups is 2. The summed E-state index contributed by atoms with van der Waals surface area (Å²) in [7, 11) is 0.978. The summed E-state index contributed by atoms with van der Waals surface area (Å²) in [5.74, 6) is 0. The third-order valence-corrected chi connectivity index (χ3v) is 2.92. The number of quaternary nitrogens is 1. The van der Waals surface area contributed by atoms with Gasteiger partial charge in [-0.1, -0.05) is 24.0 Å². The Morgan fingerprint density at radius 1 is 1.40 bits per heavy atom. The Morgan fingerprint density at radius 2 is 2.05 bits per heavy atom. The first-order valence-corrected chi connectivity index (χ1v) is 6.00. The SMILES string of the molecule is CCCO[N+]1([O-])c2ccccc2N([O-])C(O)(OC)N1O. The fourth-order valence-corrected chi connectivity index (χ4v) is 1.89. The predicted octanol–water partition coefficient (Wildman–Crippen LogP) is 1.01. The van der Waals surface area contributed by atoms with Crippen LogP contribution in [0.4, 0.5) is 11.4 Å². The van der Waals surface area contributed by atoms with Gasteiger partial charge in [0.15, 0.2) is 0 Å². The Hall–Kier alpha value is -1.30. The van der Waals surface area contributed by atoms with Crippen LogP contribution in [0.1, 0.15) is 13.3 Å². The van der Waals surface area contributed by atoms with Crippen LogP contribution in [0.3, 0.4) is 0 Å². The van der Waals surface area contributed by atoms with Crippen molar-refractivity contribution in [2.75, 3.05) is 18.8 Å². The maximum atomic E-state index is 12.7. The topological polar surface area (TPSA) is 112 Å². The molecule has 0 radical (unpaired) electrons. The Balaban J connectivity index is 2.58. The molecule has 9 nitrogen and oxygen atoms in total. The number of aliphatic hydroxyl groups is 1. The van der Waals surface area contributed by atoms with Crippen LogP contribution in [0.2, 0.25) is 0 Å². The lowest BCUT2D eigenvalue weighted by Gasteiger charge is -2.56. The van der Waals surface area contributed by atoms with Gasteiger partial charge in [-0.05, 0) is 12.5 Å². The normalized spacial score (nSPS) is 30.4. The molecule has 1 aromatic rings. The maximum Gasteiger partial charge on any atom is 0.381 e. The van der Waals surface area contributed by atoms with Gasteiger partial charge in [-0.15, -0.1) is 0 Å². The molecular weight excluding hydrogens is 270 g/mol. The van der Waals surface area contributed by atoms with Crippen LogP contribution in [-0.2, 0) is 9.57 Å². The molecule has 0 bridgehead atoms. The summed E-state index contributed by atoms with van der Waals surface area (Å²) < 4.78 is 4.58. The van der Waals surface area contributed by atoms with Crippen LogP contribution in [0.5, 0.6) is 0 Å². The van der Waals surface area contributed by atoms with Gasteiger partial charge in [-0.2, -0.15) is 4.84 Å². The van der Waals surface area contributed by atoms with Gasteiger partial charge in [-0.25, -0.2) is 0 Å². The van der Waals surface area contributed by atoms with Crippen LogP contribution in [-0.4, -0.2) is 35.2 Å². The smallest absolute Gasteiger partial charge is 0.381 e. The van der Waals surface area contributed by atoms with E-state index < -0.39 is 11.0 Å². The Kier molecular flexibility index (Phi) is 3.95. The molecule has 0 saturated carbocycles. The van der Waals surface area contributed by atoms with Gasteiger partial charge >= 0.3 is 6.03 Å². The van der Waals surface area contributed by atoms with E-state index in [2.05, 4.69) is 4.74 Å². The number of rotatable bonds is 4. The first kappa shape index (κ1) is 15.1. The third kappa shape index (κ3) is 1.97. The second-order valence-corrected chi connectivity index (χ2v) is 4.20. The van der Waals surface area contributed by atoms with E-state index in [1.807, 2.05) is 0 Å². The van der Waals surface area contributed by atoms with E-state index in [0.717, 1.165) is 7.11 Å². The van der Waals surface area contributed by atoms with E-state index in [1.54, 1.807) is 6.92 Å². The van der Waals surface area contributed by atoms with Gasteiger partial charge in [-0.3, -0.25) is 5.21 Å². The molecule has 0 aromatic heterocycles. The number of hydrogen-bond donors (Lipinski definition) is 2. The monoisotopic (exact) mass is 286 g/mol. The average molecular weight is 286 g/mol. The molecule has 0 aliphatic carbocycles. The summed E-state index contributed by atoms with van der Waals surface area (Å²) in [6.45, 7) is 1.78. The molecule has 0 spiro atoms. The summed E-state index contributed by atoms with van der Waals surface area (Å²) in [6.07, 6.45) is 0.505. The molecule has 2 rings (SSSR count). The summed E-state index contributed by atoms with van der Waals surface area (Å²) >= 11 is 0. The number of anilines is 1. The zero-order valence-corrected chi connectivity index (χ0v) is 11.1. The van der Waals surface area contributed by atoms with E-state index >= 15 is 0 Å². The van der Waals surface area contributed by atoms with Gasteiger partial charge in [0.05, 0.1) is 10.9 Å². The van der Waals surface area contributed by atoms with Crippen LogP contribution >= 0.6 is 0 Å². The van der Waals surface area contributed by atoms with Gasteiger partial charge in [0.2, 0.25) is 5.69 Å². The zero-order chi connectivity index (χ0) is 15.0. The Bertz CT molecular complexity index is 489. The molecule has 1 heterocycles. The van der Waals surface area contributed by atoms with Crippen LogP contribution in [0.25, 0.3) is 0 Å². The van der Waals surface area contributed by atoms with Crippen molar-refractivity contribution in [1.82, 2.24) is 10.1 Å². The zero-order valence-electron chi connectivity index (χ0n) is 11.1. The maximum absolute atomic E-state index is 12.7. The molecule has 2 atom stereocenters. The fourth-order valence-electron chi connectivity index (χ4n) is 1.89. The number of hydrogen-bond acceptors (Lipinski definition) is 8. The number of ether oxygens (including phenoxy) is 1. The lowest BCUT2D eigenvalue weighted by atomic mass is 10.2. The van der Waals surface area contributed by atoms with Gasteiger partial charge in [0, 0.05) is 13.2 Å². The van der Waals surface area contributed by atoms with Crippen LogP contribution in [0, 0.1) is 10.4 Å². The molecular formula is C11H16N3O6-. The van der Waals surface area contributed by atoms with Crippen LogP contribution in [0.15, 0.2) is 24.3 Å². The molecule has 0 saturated heterocycles. The minimum absolute atomic E-state index is 0.00749. The highest BCUT2D eigenvalue weighted by Gasteiger charge is 2.56. The minimum Gasteiger partial charge on any atom is -0.753 e. The molecule has 1 aliphatic heterocycles. The Morgan fingerprint density at radius 3 is 2.65 bits per heavy atom. The second kappa shape index (κ2) is 5.24. The van der Waals surface area contributed by atoms with Gasteiger partial charge in [0.1, 0.15) is 6.61 Å². The van der Waals surface area contributed by atoms with Gasteiger partial charge < -0.3 is 25.3 Å². The lowest BCUT2D eigenvalue weighted by Crippen LogP contribution is -2.74. The van der Waals surface area contributed by atoms with E-state index in [0.29, 0.717) is 6.42 Å². The van der Waals surface area contributed by atoms with Gasteiger partial charge in [0.25, 0.3) is 0 Å². The molecule has 1 aliphatic rings. The lowest BCUT2D eigenvalue weighted by molar-refractivity contribution is -0.482. The van der Waals surface area contributed by atoms with E-state index in [4.69, 9.17) is 4.84 Å². The summed E-state index contributed by atoms with van der Waals surface area (Å²) in [4.78, 5) is 3.19. The molecule has 112 valence electrons. The summed E-state index contributed by atoms with van der Waals surface area (Å²) in [5.41, 5.74) is -0.326. The molecule has 20 heavy (non-hydrogen) atoms. The number of methoxy groups -OCH3 is 1. The largest absolute Gasteiger partial charge is 0.753 e. The summed E-state index contributed by atoms with van der Waals surface area (Å²) in [5, 5.41) is 44.6. The molecule has 2 unspecified atom stereocenters. The highest BCUT2D eigenvalue weighted by molar-refractivity contribution is 5.71. The highest BCUT2D eigenvalue weighted by Crippen LogP contribution is 2.44. The number of benzene rings is 1. The predicted molar refractivity (Wildman–Crippen MR) is 69.3 cm³/mol. The molecule has 9 heteroatoms. The van der Waals surface area contributed by atoms with Crippen LogP contribution < -0.4 is 9.98 Å². The van der Waals surface area contributed by atoms with Crippen molar-refractivity contribution in [3.63, 3.8) is 0 Å². The number of nitrogens with zero attached hydrogens (tertiary/aromatic N) is 3. The number of fused-ring (bicyclic) bond motifs is 1. The van der Waals surface area contributed by atoms with Crippen molar-refractivity contribution in [2.24, 2.45) is 0 Å². The fraction of sp³-hybridized carbons (Fsp3) is 0.455. The van der Waals surface area contributed by atoms with Crippen molar-refractivity contribution in [2.45, 2.75) is 19.4 Å². The second-order valence-electron chi connectivity index (χ2n) is 4.20. The van der Waals surface area contributed by atoms with E-state index in [1.165, 1.54) is 24.3 Å². The number of para-hydroxylation sites is 1. The van der Waals surface area contributed by atoms with Crippen molar-refractivity contribution < 1.29 is 19.9 Å². The standard InChI is InChI=1S/C11H16N3O6/c1-3-8-20-14(18)10-7-5-4-6-9(10)12(16)11(15,19-2)13(14)17/h4-7,15,17H,3,8H2,1-2H3/q-1. The first-order chi connectivity index (χ1) is 9.41. The third-order valence-electron chi connectivity index (χ3n) is 2.92. The summed E-state index contributed by atoms with van der Waals surface area (Å²) in [6, 6.07) is 2.78. The molecule has 2 N–H and O–H groups in total. The van der Waals surface area contributed by atoms with Crippen molar-refractivity contribution >= 4 is 11.4 Å². The Labute approximate surface area is 115 Å². The van der Waals surface area contributed by atoms with Crippen molar-refractivity contribution in [3.8, 4) is 0 Å². The van der Waals surface area contributed by atoms with Crippen molar-refractivity contribution in [1.29, 1.82) is 0 Å². The first-order valence-electron chi connectivity index (χ1n) is 6.00. The molecule has 0 amide bonds. The average Bonchev–Trinajstić information content (AvgIpc) is 2.49. The molecule has 1 aromatic carbocycles.